The lowest BCUT2D eigenvalue weighted by Gasteiger charge is -2.37. The van der Waals surface area contributed by atoms with Crippen LogP contribution in [-0.2, 0) is 0 Å². The number of halogens is 2. The summed E-state index contributed by atoms with van der Waals surface area (Å²) in [6.45, 7) is 5.96. The van der Waals surface area contributed by atoms with Crippen molar-refractivity contribution in [3.63, 3.8) is 0 Å². The van der Waals surface area contributed by atoms with E-state index in [1.54, 1.807) is 23.1 Å². The minimum Gasteiger partial charge on any atom is -0.477 e. The lowest BCUT2D eigenvalue weighted by atomic mass is 9.90. The van der Waals surface area contributed by atoms with E-state index in [0.717, 1.165) is 30.6 Å². The van der Waals surface area contributed by atoms with Crippen LogP contribution in [0.15, 0.2) is 24.3 Å². The molecule has 1 aliphatic carbocycles. The molecule has 1 aromatic heterocycles. The second kappa shape index (κ2) is 8.39. The Morgan fingerprint density at radius 1 is 1.21 bits per heavy atom. The van der Waals surface area contributed by atoms with Gasteiger partial charge in [0, 0.05) is 16.5 Å². The second-order valence-electron chi connectivity index (χ2n) is 8.01. The number of anilines is 1. The Labute approximate surface area is 184 Å². The first-order chi connectivity index (χ1) is 13.6. The SMILES string of the molecule is CC(C)(C)C#Cc1cc(N(C(=O)c2ccc(Cl)cc2Cl)C2CCC2)c(C(=O)O)s1. The molecule has 1 fully saturated rings. The van der Waals surface area contributed by atoms with Gasteiger partial charge in [-0.15, -0.1) is 11.3 Å². The van der Waals surface area contributed by atoms with Crippen LogP contribution in [0.4, 0.5) is 5.69 Å². The number of nitrogens with zero attached hydrogens (tertiary/aromatic N) is 1. The number of carboxylic acid groups (broad SMARTS) is 1. The number of rotatable bonds is 4. The molecule has 0 atom stereocenters. The minimum absolute atomic E-state index is 0.0645. The van der Waals surface area contributed by atoms with Gasteiger partial charge in [-0.3, -0.25) is 4.79 Å². The third kappa shape index (κ3) is 4.95. The second-order valence-corrected chi connectivity index (χ2v) is 9.91. The topological polar surface area (TPSA) is 57.6 Å². The minimum atomic E-state index is -1.08. The highest BCUT2D eigenvalue weighted by molar-refractivity contribution is 7.15. The van der Waals surface area contributed by atoms with Crippen molar-refractivity contribution in [2.24, 2.45) is 5.41 Å². The summed E-state index contributed by atoms with van der Waals surface area (Å²) in [5.74, 6) is 4.77. The molecule has 1 saturated carbocycles. The Morgan fingerprint density at radius 3 is 2.41 bits per heavy atom. The van der Waals surface area contributed by atoms with Crippen molar-refractivity contribution >= 4 is 52.1 Å². The number of hydrogen-bond acceptors (Lipinski definition) is 3. The average molecular weight is 450 g/mol. The smallest absolute Gasteiger partial charge is 0.348 e. The maximum atomic E-state index is 13.4. The van der Waals surface area contributed by atoms with Gasteiger partial charge in [-0.25, -0.2) is 4.79 Å². The van der Waals surface area contributed by atoms with Crippen molar-refractivity contribution in [1.82, 2.24) is 0 Å². The molecule has 1 N–H and O–H groups in total. The van der Waals surface area contributed by atoms with Crippen molar-refractivity contribution in [2.75, 3.05) is 4.90 Å². The van der Waals surface area contributed by atoms with E-state index in [1.807, 2.05) is 20.8 Å². The third-order valence-corrected chi connectivity index (χ3v) is 6.12. The first-order valence-corrected chi connectivity index (χ1v) is 10.8. The summed E-state index contributed by atoms with van der Waals surface area (Å²) in [6, 6.07) is 6.33. The standard InChI is InChI=1S/C22H21Cl2NO3S/c1-22(2,3)10-9-15-12-18(19(29-15)21(27)28)25(14-5-4-6-14)20(26)16-8-7-13(23)11-17(16)24/h7-8,11-12,14H,4-6H2,1-3H3,(H,27,28). The van der Waals surface area contributed by atoms with E-state index >= 15 is 0 Å². The molecule has 0 unspecified atom stereocenters. The molecule has 4 nitrogen and oxygen atoms in total. The molecule has 7 heteroatoms. The number of carbonyl (C=O) groups excluding carboxylic acids is 1. The zero-order chi connectivity index (χ0) is 21.3. The summed E-state index contributed by atoms with van der Waals surface area (Å²) < 4.78 is 0. The van der Waals surface area contributed by atoms with Gasteiger partial charge in [-0.1, -0.05) is 35.0 Å². The maximum absolute atomic E-state index is 13.4. The van der Waals surface area contributed by atoms with Crippen molar-refractivity contribution < 1.29 is 14.7 Å². The number of carbonyl (C=O) groups is 2. The van der Waals surface area contributed by atoms with Crippen molar-refractivity contribution in [3.05, 3.63) is 49.6 Å². The monoisotopic (exact) mass is 449 g/mol. The molecular weight excluding hydrogens is 429 g/mol. The number of amides is 1. The average Bonchev–Trinajstić information content (AvgIpc) is 2.99. The van der Waals surface area contributed by atoms with Crippen LogP contribution >= 0.6 is 34.5 Å². The first kappa shape index (κ1) is 21.7. The van der Waals surface area contributed by atoms with Gasteiger partial charge in [0.05, 0.1) is 21.2 Å². The van der Waals surface area contributed by atoms with E-state index in [0.29, 0.717) is 21.2 Å². The van der Waals surface area contributed by atoms with Crippen LogP contribution in [0.2, 0.25) is 10.0 Å². The number of thiophene rings is 1. The molecule has 0 bridgehead atoms. The Bertz CT molecular complexity index is 1020. The predicted octanol–water partition coefficient (Wildman–Crippen LogP) is 6.35. The highest BCUT2D eigenvalue weighted by atomic mass is 35.5. The Hall–Kier alpha value is -2.00. The Balaban J connectivity index is 2.09. The normalized spacial score (nSPS) is 14.0. The molecule has 3 rings (SSSR count). The number of carboxylic acids is 1. The van der Waals surface area contributed by atoms with Gasteiger partial charge >= 0.3 is 5.97 Å². The predicted molar refractivity (Wildman–Crippen MR) is 119 cm³/mol. The quantitative estimate of drug-likeness (QED) is 0.553. The van der Waals surface area contributed by atoms with Crippen LogP contribution in [0.1, 0.15) is 64.9 Å². The van der Waals surface area contributed by atoms with E-state index in [-0.39, 0.29) is 27.3 Å². The summed E-state index contributed by atoms with van der Waals surface area (Å²) in [5.41, 5.74) is 0.461. The van der Waals surface area contributed by atoms with Gasteiger partial charge in [0.1, 0.15) is 4.88 Å². The van der Waals surface area contributed by atoms with Crippen LogP contribution < -0.4 is 4.90 Å². The summed E-state index contributed by atoms with van der Waals surface area (Å²) in [5, 5.41) is 10.4. The summed E-state index contributed by atoms with van der Waals surface area (Å²) in [6.07, 6.45) is 2.62. The van der Waals surface area contributed by atoms with Crippen LogP contribution in [0.5, 0.6) is 0 Å². The molecule has 1 amide bonds. The lowest BCUT2D eigenvalue weighted by molar-refractivity contribution is 0.0702. The van der Waals surface area contributed by atoms with Crippen LogP contribution in [-0.4, -0.2) is 23.0 Å². The van der Waals surface area contributed by atoms with Crippen molar-refractivity contribution in [1.29, 1.82) is 0 Å². The highest BCUT2D eigenvalue weighted by Gasteiger charge is 2.35. The third-order valence-electron chi connectivity index (χ3n) is 4.55. The van der Waals surface area contributed by atoms with Crippen LogP contribution in [0, 0.1) is 17.3 Å². The zero-order valence-electron chi connectivity index (χ0n) is 16.4. The number of aromatic carboxylic acids is 1. The van der Waals surface area contributed by atoms with E-state index in [4.69, 9.17) is 23.2 Å². The summed E-state index contributed by atoms with van der Waals surface area (Å²) >= 11 is 13.3. The van der Waals surface area contributed by atoms with Gasteiger partial charge < -0.3 is 10.0 Å². The molecule has 152 valence electrons. The molecule has 0 spiro atoms. The first-order valence-electron chi connectivity index (χ1n) is 9.26. The van der Waals surface area contributed by atoms with Crippen molar-refractivity contribution in [2.45, 2.75) is 46.1 Å². The molecule has 29 heavy (non-hydrogen) atoms. The summed E-state index contributed by atoms with van der Waals surface area (Å²) in [7, 11) is 0. The maximum Gasteiger partial charge on any atom is 0.348 e. The molecule has 0 saturated heterocycles. The van der Waals surface area contributed by atoms with Gasteiger partial charge in [-0.2, -0.15) is 0 Å². The van der Waals surface area contributed by atoms with E-state index < -0.39 is 5.97 Å². The van der Waals surface area contributed by atoms with Crippen LogP contribution in [0.3, 0.4) is 0 Å². The van der Waals surface area contributed by atoms with Gasteiger partial charge in [0.2, 0.25) is 0 Å². The van der Waals surface area contributed by atoms with Gasteiger partial charge in [0.15, 0.2) is 0 Å². The molecule has 1 aliphatic rings. The molecule has 1 aromatic carbocycles. The summed E-state index contributed by atoms with van der Waals surface area (Å²) in [4.78, 5) is 27.6. The highest BCUT2D eigenvalue weighted by Crippen LogP contribution is 2.38. The fourth-order valence-electron chi connectivity index (χ4n) is 2.93. The Morgan fingerprint density at radius 2 is 1.90 bits per heavy atom. The number of hydrogen-bond donors (Lipinski definition) is 1. The number of benzene rings is 1. The lowest BCUT2D eigenvalue weighted by Crippen LogP contribution is -2.45. The van der Waals surface area contributed by atoms with Crippen LogP contribution in [0.25, 0.3) is 0 Å². The molecular formula is C22H21Cl2NO3S. The molecule has 2 aromatic rings. The van der Waals surface area contributed by atoms with Gasteiger partial charge in [0.25, 0.3) is 5.91 Å². The fourth-order valence-corrected chi connectivity index (χ4v) is 4.26. The molecule has 0 aliphatic heterocycles. The van der Waals surface area contributed by atoms with E-state index in [9.17, 15) is 14.7 Å². The molecule has 1 heterocycles. The molecule has 0 radical (unpaired) electrons. The zero-order valence-corrected chi connectivity index (χ0v) is 18.7. The van der Waals surface area contributed by atoms with Gasteiger partial charge in [-0.05, 0) is 64.3 Å². The van der Waals surface area contributed by atoms with Crippen molar-refractivity contribution in [3.8, 4) is 11.8 Å². The van der Waals surface area contributed by atoms with E-state index in [1.165, 1.54) is 6.07 Å². The van der Waals surface area contributed by atoms with E-state index in [2.05, 4.69) is 11.8 Å². The fraction of sp³-hybridized carbons (Fsp3) is 0.364. The largest absolute Gasteiger partial charge is 0.477 e. The Kier molecular flexibility index (Phi) is 6.28.